The SMILES string of the molecule is CSc1nc(N=C(N)N)sc1C1=CC=CCC=C1. The van der Waals surface area contributed by atoms with E-state index in [9.17, 15) is 0 Å². The van der Waals surface area contributed by atoms with Gasteiger partial charge in [-0.25, -0.2) is 4.98 Å². The van der Waals surface area contributed by atoms with Gasteiger partial charge in [-0.05, 0) is 18.2 Å². The number of hydrogen-bond acceptors (Lipinski definition) is 4. The molecule has 0 amide bonds. The summed E-state index contributed by atoms with van der Waals surface area (Å²) in [4.78, 5) is 9.52. The van der Waals surface area contributed by atoms with Crippen LogP contribution in [0.25, 0.3) is 5.57 Å². The first kappa shape index (κ1) is 12.9. The van der Waals surface area contributed by atoms with Crippen LogP contribution in [0.15, 0.2) is 40.4 Å². The van der Waals surface area contributed by atoms with E-state index in [1.54, 1.807) is 11.8 Å². The van der Waals surface area contributed by atoms with Crippen molar-refractivity contribution in [2.45, 2.75) is 11.4 Å². The first-order valence-corrected chi connectivity index (χ1v) is 7.43. The van der Waals surface area contributed by atoms with Gasteiger partial charge in [0.1, 0.15) is 5.03 Å². The lowest BCUT2D eigenvalue weighted by molar-refractivity contribution is 1.17. The molecule has 2 rings (SSSR count). The quantitative estimate of drug-likeness (QED) is 0.506. The largest absolute Gasteiger partial charge is 0.370 e. The molecule has 0 saturated heterocycles. The van der Waals surface area contributed by atoms with E-state index in [4.69, 9.17) is 11.5 Å². The van der Waals surface area contributed by atoms with Crippen LogP contribution in [0.3, 0.4) is 0 Å². The van der Waals surface area contributed by atoms with E-state index in [1.165, 1.54) is 11.3 Å². The van der Waals surface area contributed by atoms with Crippen molar-refractivity contribution in [2.75, 3.05) is 6.26 Å². The summed E-state index contributed by atoms with van der Waals surface area (Å²) >= 11 is 3.09. The van der Waals surface area contributed by atoms with Gasteiger partial charge in [-0.15, -0.1) is 11.8 Å². The highest BCUT2D eigenvalue weighted by atomic mass is 32.2. The minimum absolute atomic E-state index is 0.0354. The summed E-state index contributed by atoms with van der Waals surface area (Å²) in [5, 5.41) is 1.54. The number of hydrogen-bond donors (Lipinski definition) is 2. The van der Waals surface area contributed by atoms with Gasteiger partial charge in [0.25, 0.3) is 0 Å². The summed E-state index contributed by atoms with van der Waals surface area (Å²) in [6.07, 6.45) is 13.4. The Morgan fingerprint density at radius 1 is 1.44 bits per heavy atom. The van der Waals surface area contributed by atoms with Crippen molar-refractivity contribution in [1.82, 2.24) is 4.98 Å². The maximum atomic E-state index is 5.38. The normalized spacial score (nSPS) is 14.2. The smallest absolute Gasteiger partial charge is 0.214 e. The summed E-state index contributed by atoms with van der Waals surface area (Å²) in [6, 6.07) is 0. The molecular formula is C12H14N4S2. The number of guanidine groups is 1. The van der Waals surface area contributed by atoms with E-state index in [-0.39, 0.29) is 5.96 Å². The minimum Gasteiger partial charge on any atom is -0.370 e. The van der Waals surface area contributed by atoms with E-state index in [0.29, 0.717) is 5.13 Å². The zero-order valence-electron chi connectivity index (χ0n) is 9.96. The highest BCUT2D eigenvalue weighted by Gasteiger charge is 2.13. The third kappa shape index (κ3) is 3.02. The molecule has 0 saturated carbocycles. The second-order valence-electron chi connectivity index (χ2n) is 3.56. The lowest BCUT2D eigenvalue weighted by Gasteiger charge is -1.98. The predicted molar refractivity (Wildman–Crippen MR) is 80.2 cm³/mol. The third-order valence-corrected chi connectivity index (χ3v) is 4.06. The topological polar surface area (TPSA) is 77.3 Å². The molecule has 4 N–H and O–H groups in total. The average molecular weight is 278 g/mol. The molecule has 1 aromatic heterocycles. The molecule has 0 radical (unpaired) electrons. The fourth-order valence-corrected chi connectivity index (χ4v) is 3.28. The van der Waals surface area contributed by atoms with Crippen molar-refractivity contribution in [2.24, 2.45) is 16.5 Å². The molecule has 4 nitrogen and oxygen atoms in total. The molecule has 0 fully saturated rings. The van der Waals surface area contributed by atoms with Crippen LogP contribution in [-0.2, 0) is 0 Å². The zero-order chi connectivity index (χ0) is 13.0. The second kappa shape index (κ2) is 5.88. The monoisotopic (exact) mass is 278 g/mol. The van der Waals surface area contributed by atoms with Crippen LogP contribution >= 0.6 is 23.1 Å². The molecule has 0 aliphatic heterocycles. The summed E-state index contributed by atoms with van der Waals surface area (Å²) < 4.78 is 0. The van der Waals surface area contributed by atoms with Crippen molar-refractivity contribution in [3.05, 3.63) is 35.3 Å². The van der Waals surface area contributed by atoms with E-state index in [0.717, 1.165) is 21.9 Å². The fourth-order valence-electron chi connectivity index (χ4n) is 1.51. The van der Waals surface area contributed by atoms with Gasteiger partial charge < -0.3 is 11.5 Å². The standard InChI is InChI=1S/C12H14N4S2/c1-17-10-9(8-6-4-2-3-5-7-8)18-12(15-10)16-11(13)14/h2,4-7H,3H2,1H3,(H4,13,14,15,16). The molecule has 0 unspecified atom stereocenters. The van der Waals surface area contributed by atoms with Crippen molar-refractivity contribution in [3.63, 3.8) is 0 Å². The Labute approximate surface area is 114 Å². The minimum atomic E-state index is 0.0354. The zero-order valence-corrected chi connectivity index (χ0v) is 11.6. The van der Waals surface area contributed by atoms with Crippen molar-refractivity contribution >= 4 is 39.8 Å². The Morgan fingerprint density at radius 2 is 2.28 bits per heavy atom. The van der Waals surface area contributed by atoms with Gasteiger partial charge in [0.2, 0.25) is 5.13 Å². The van der Waals surface area contributed by atoms with Gasteiger partial charge in [-0.3, -0.25) is 0 Å². The summed E-state index contributed by atoms with van der Waals surface area (Å²) in [7, 11) is 0. The van der Waals surface area contributed by atoms with E-state index in [1.807, 2.05) is 6.26 Å². The number of aliphatic imine (C=N–C) groups is 1. The van der Waals surface area contributed by atoms with Crippen molar-refractivity contribution < 1.29 is 0 Å². The first-order chi connectivity index (χ1) is 8.70. The number of rotatable bonds is 3. The van der Waals surface area contributed by atoms with Crippen LogP contribution in [0.2, 0.25) is 0 Å². The Kier molecular flexibility index (Phi) is 4.22. The average Bonchev–Trinajstić information content (AvgIpc) is 2.57. The summed E-state index contributed by atoms with van der Waals surface area (Å²) in [6.45, 7) is 0. The maximum absolute atomic E-state index is 5.38. The molecule has 0 bridgehead atoms. The maximum Gasteiger partial charge on any atom is 0.214 e. The highest BCUT2D eigenvalue weighted by Crippen LogP contribution is 2.36. The van der Waals surface area contributed by atoms with Crippen LogP contribution in [0.1, 0.15) is 11.3 Å². The second-order valence-corrected chi connectivity index (χ2v) is 5.33. The van der Waals surface area contributed by atoms with Gasteiger partial charge in [-0.2, -0.15) is 4.99 Å². The summed E-state index contributed by atoms with van der Waals surface area (Å²) in [5.41, 5.74) is 11.9. The Hall–Kier alpha value is -1.53. The molecule has 94 valence electrons. The molecule has 18 heavy (non-hydrogen) atoms. The molecule has 1 aromatic rings. The molecule has 0 aromatic carbocycles. The number of nitrogens with zero attached hydrogens (tertiary/aromatic N) is 2. The summed E-state index contributed by atoms with van der Waals surface area (Å²) in [5.74, 6) is 0.0354. The highest BCUT2D eigenvalue weighted by molar-refractivity contribution is 7.98. The number of thiazole rings is 1. The first-order valence-electron chi connectivity index (χ1n) is 5.39. The van der Waals surface area contributed by atoms with Gasteiger partial charge in [0, 0.05) is 0 Å². The molecule has 1 heterocycles. The Morgan fingerprint density at radius 3 is 3.00 bits per heavy atom. The predicted octanol–water partition coefficient (Wildman–Crippen LogP) is 2.67. The molecule has 0 spiro atoms. The number of thioether (sulfide) groups is 1. The van der Waals surface area contributed by atoms with Crippen LogP contribution in [0.4, 0.5) is 5.13 Å². The van der Waals surface area contributed by atoms with Crippen molar-refractivity contribution in [3.8, 4) is 0 Å². The van der Waals surface area contributed by atoms with Crippen LogP contribution in [0.5, 0.6) is 0 Å². The number of allylic oxidation sites excluding steroid dienone is 6. The van der Waals surface area contributed by atoms with Crippen molar-refractivity contribution in [1.29, 1.82) is 0 Å². The Bertz CT molecular complexity index is 548. The molecule has 6 heteroatoms. The van der Waals surface area contributed by atoms with E-state index >= 15 is 0 Å². The number of nitrogens with two attached hydrogens (primary N) is 2. The third-order valence-electron chi connectivity index (χ3n) is 2.25. The van der Waals surface area contributed by atoms with E-state index in [2.05, 4.69) is 40.4 Å². The molecule has 1 aliphatic rings. The van der Waals surface area contributed by atoms with Gasteiger partial charge >= 0.3 is 0 Å². The Balaban J connectivity index is 2.43. The van der Waals surface area contributed by atoms with E-state index < -0.39 is 0 Å². The molecule has 0 atom stereocenters. The lowest BCUT2D eigenvalue weighted by atomic mass is 10.2. The van der Waals surface area contributed by atoms with Crippen LogP contribution in [-0.4, -0.2) is 17.2 Å². The number of aromatic nitrogens is 1. The molecular weight excluding hydrogens is 264 g/mol. The lowest BCUT2D eigenvalue weighted by Crippen LogP contribution is -2.21. The molecule has 1 aliphatic carbocycles. The van der Waals surface area contributed by atoms with Crippen LogP contribution < -0.4 is 11.5 Å². The van der Waals surface area contributed by atoms with Gasteiger partial charge in [0.05, 0.1) is 4.88 Å². The van der Waals surface area contributed by atoms with Gasteiger partial charge in [-0.1, -0.05) is 41.7 Å². The van der Waals surface area contributed by atoms with Gasteiger partial charge in [0.15, 0.2) is 5.96 Å². The van der Waals surface area contributed by atoms with Crippen LogP contribution in [0, 0.1) is 0 Å². The fraction of sp³-hybridized carbons (Fsp3) is 0.167.